The van der Waals surface area contributed by atoms with Crippen molar-refractivity contribution in [3.8, 4) is 55.6 Å². The van der Waals surface area contributed by atoms with Gasteiger partial charge in [-0.25, -0.2) is 9.97 Å². The van der Waals surface area contributed by atoms with Crippen molar-refractivity contribution in [3.63, 3.8) is 0 Å². The first kappa shape index (κ1) is 117. The molecule has 0 fully saturated rings. The van der Waals surface area contributed by atoms with Crippen LogP contribution in [0.15, 0.2) is 468 Å². The number of aromatic nitrogens is 4. The van der Waals surface area contributed by atoms with Crippen molar-refractivity contribution in [1.29, 1.82) is 0 Å². The summed E-state index contributed by atoms with van der Waals surface area (Å²) in [5.41, 5.74) is 19.8. The predicted molar refractivity (Wildman–Crippen MR) is 623 cm³/mol. The van der Waals surface area contributed by atoms with Crippen LogP contribution in [-0.2, 0) is 5.41 Å². The van der Waals surface area contributed by atoms with Gasteiger partial charge in [0.05, 0.1) is 0 Å². The molecular formula is C136H164N4. The Labute approximate surface area is 847 Å². The van der Waals surface area contributed by atoms with Gasteiger partial charge in [0.15, 0.2) is 0 Å². The molecule has 0 N–H and O–H groups in total. The van der Waals surface area contributed by atoms with Gasteiger partial charge in [-0.15, -0.1) is 0 Å². The second kappa shape index (κ2) is 60.8. The minimum atomic E-state index is 0.0818. The Hall–Kier alpha value is -13.8. The summed E-state index contributed by atoms with van der Waals surface area (Å²) < 4.78 is 0. The first-order chi connectivity index (χ1) is 66.1. The average Bonchev–Trinajstić information content (AvgIpc) is 0.777. The lowest BCUT2D eigenvalue weighted by molar-refractivity contribution is 0.469. The van der Waals surface area contributed by atoms with Gasteiger partial charge in [-0.1, -0.05) is 568 Å². The number of pyridine rings is 2. The topological polar surface area (TPSA) is 51.6 Å². The van der Waals surface area contributed by atoms with E-state index in [1.54, 1.807) is 43.2 Å². The number of nitrogens with zero attached hydrogens (tertiary/aromatic N) is 4. The van der Waals surface area contributed by atoms with Gasteiger partial charge < -0.3 is 0 Å². The fraction of sp³-hybridized carbons (Fsp3) is 0.265. The Morgan fingerprint density at radius 1 is 0.150 bits per heavy atom. The van der Waals surface area contributed by atoms with Crippen LogP contribution in [0.2, 0.25) is 0 Å². The van der Waals surface area contributed by atoms with Crippen LogP contribution in [0.25, 0.3) is 109 Å². The Bertz CT molecular complexity index is 5950. The van der Waals surface area contributed by atoms with Crippen molar-refractivity contribution in [2.24, 2.45) is 32.5 Å². The SMILES string of the molecule is CC(C)(C)C.CC(C)(C)C.CC(C)(C)C.CC(C)(C)C.CC(C)(C)C.CC(C)(C)C.CC(C)(C)c1cc(-c2ccc3ccccc3c2)cc(-c2ccc3ccccc3c2)c1.Cc1ccccc1.Cc1ccccc1.c1ccc(-c2cccc(-c3ccccc3)c2)cc1.c1ccc(-c2cccc3ccccc23)cc1.c1ccc2c(c1)ccc1ccccc12.c1ccncc1.c1ccncc1.c1cncnc1. The quantitative estimate of drug-likeness (QED) is 0.161. The molecule has 19 aromatic rings. The highest BCUT2D eigenvalue weighted by atomic mass is 14.8. The highest BCUT2D eigenvalue weighted by Crippen LogP contribution is 2.37. The maximum atomic E-state index is 3.78. The van der Waals surface area contributed by atoms with Gasteiger partial charge in [0, 0.05) is 37.2 Å². The van der Waals surface area contributed by atoms with Crippen molar-refractivity contribution >= 4 is 53.9 Å². The molecule has 0 aliphatic heterocycles. The van der Waals surface area contributed by atoms with E-state index in [0.717, 1.165) is 0 Å². The second-order valence-electron chi connectivity index (χ2n) is 45.1. The van der Waals surface area contributed by atoms with E-state index >= 15 is 0 Å². The van der Waals surface area contributed by atoms with E-state index < -0.39 is 0 Å². The highest BCUT2D eigenvalue weighted by molar-refractivity contribution is 6.07. The third-order valence-electron chi connectivity index (χ3n) is 18.1. The van der Waals surface area contributed by atoms with Gasteiger partial charge in [0.1, 0.15) is 6.33 Å². The lowest BCUT2D eigenvalue weighted by atomic mass is 9.83. The van der Waals surface area contributed by atoms with Gasteiger partial charge in [0.25, 0.3) is 0 Å². The Kier molecular flexibility index (Phi) is 50.7. The first-order valence-corrected chi connectivity index (χ1v) is 49.3. The van der Waals surface area contributed by atoms with Crippen LogP contribution in [0.4, 0.5) is 0 Å². The first-order valence-electron chi connectivity index (χ1n) is 49.3. The van der Waals surface area contributed by atoms with Gasteiger partial charge in [-0.3, -0.25) is 9.97 Å². The number of benzene rings is 16. The average molecular weight is 1850 g/mol. The van der Waals surface area contributed by atoms with Crippen LogP contribution < -0.4 is 0 Å². The summed E-state index contributed by atoms with van der Waals surface area (Å²) in [4.78, 5) is 14.9. The molecule has 728 valence electrons. The van der Waals surface area contributed by atoms with Crippen molar-refractivity contribution in [1.82, 2.24) is 19.9 Å². The van der Waals surface area contributed by atoms with Crippen molar-refractivity contribution in [2.45, 2.75) is 206 Å². The van der Waals surface area contributed by atoms with E-state index in [-0.39, 0.29) is 5.41 Å². The standard InChI is InChI=1S/C30H26.C18H14.C16H12.C14H10.2C7H8.2C5H5N.6C5H12.C4H4N2/c1-30(2,3)29-19-27(25-14-12-21-8-4-6-10-23(21)16-25)18-28(20-29)26-15-13-22-9-5-7-11-24(22)17-26;1-3-8-15(9-4-1)17-12-7-13-18(14-17)16-10-5-2-6-11-16;1-2-7-13(8-3-1)16-12-6-10-14-9-4-5-11-15(14)16;1-3-7-13-11(5-1)9-10-12-6-2-4-8-14(12)13;2*1-7-5-3-2-4-6-7;2*1-2-4-6-5-3-1;6*1-5(2,3)4;1-2-5-4-6-3-1/h4-20H,1-3H3;1-14H;1-12H;1-10H;2*2-6H,1H3;2*1-5H;6*1-4H3;1-4H. The zero-order chi connectivity index (χ0) is 103. The number of rotatable bonds is 5. The molecule has 140 heavy (non-hydrogen) atoms. The highest BCUT2D eigenvalue weighted by Gasteiger charge is 2.18. The third-order valence-corrected chi connectivity index (χ3v) is 18.1. The lowest BCUT2D eigenvalue weighted by Crippen LogP contribution is -2.11. The monoisotopic (exact) mass is 1850 g/mol. The van der Waals surface area contributed by atoms with E-state index in [9.17, 15) is 0 Å². The molecule has 19 rings (SSSR count). The Morgan fingerprint density at radius 3 is 0.657 bits per heavy atom. The molecule has 0 amide bonds. The summed E-state index contributed by atoms with van der Waals surface area (Å²) in [6.45, 7) is 63.5. The van der Waals surface area contributed by atoms with Gasteiger partial charge in [0.2, 0.25) is 0 Å². The minimum Gasteiger partial charge on any atom is -0.265 e. The summed E-state index contributed by atoms with van der Waals surface area (Å²) in [6, 6.07) is 148. The number of hydrogen-bond donors (Lipinski definition) is 0. The molecule has 0 saturated heterocycles. The predicted octanol–water partition coefficient (Wildman–Crippen LogP) is 41.1. The summed E-state index contributed by atoms with van der Waals surface area (Å²) in [5.74, 6) is 0. The van der Waals surface area contributed by atoms with E-state index in [0.29, 0.717) is 32.5 Å². The van der Waals surface area contributed by atoms with Crippen LogP contribution in [0.3, 0.4) is 0 Å². The molecule has 3 aromatic heterocycles. The molecule has 16 aromatic carbocycles. The zero-order valence-corrected chi connectivity index (χ0v) is 90.2. The summed E-state index contributed by atoms with van der Waals surface area (Å²) in [6.07, 6.45) is 11.9. The normalized spacial score (nSPS) is 10.6. The maximum absolute atomic E-state index is 3.78. The molecule has 4 heteroatoms. The van der Waals surface area contributed by atoms with Crippen LogP contribution in [0.5, 0.6) is 0 Å². The summed E-state index contributed by atoms with van der Waals surface area (Å²) in [5, 5.41) is 13.0. The molecule has 0 bridgehead atoms. The zero-order valence-electron chi connectivity index (χ0n) is 90.2. The largest absolute Gasteiger partial charge is 0.265 e. The molecule has 3 heterocycles. The number of fused-ring (bicyclic) bond motifs is 6. The molecule has 0 radical (unpaired) electrons. The molecule has 0 aliphatic carbocycles. The third kappa shape index (κ3) is 55.6. The molecule has 0 atom stereocenters. The molecular weight excluding hydrogens is 1690 g/mol. The minimum absolute atomic E-state index is 0.0818. The molecule has 0 unspecified atom stereocenters. The molecule has 4 nitrogen and oxygen atoms in total. The van der Waals surface area contributed by atoms with Crippen molar-refractivity contribution < 1.29 is 0 Å². The molecule has 0 saturated carbocycles. The van der Waals surface area contributed by atoms with Gasteiger partial charge in [-0.2, -0.15) is 0 Å². The lowest BCUT2D eigenvalue weighted by Gasteiger charge is -2.22. The van der Waals surface area contributed by atoms with Crippen LogP contribution >= 0.6 is 0 Å². The van der Waals surface area contributed by atoms with Crippen molar-refractivity contribution in [2.75, 3.05) is 0 Å². The van der Waals surface area contributed by atoms with Crippen LogP contribution in [-0.4, -0.2) is 19.9 Å². The van der Waals surface area contributed by atoms with Gasteiger partial charge in [-0.05, 0) is 221 Å². The fourth-order valence-electron chi connectivity index (χ4n) is 12.3. The van der Waals surface area contributed by atoms with Crippen LogP contribution in [0, 0.1) is 46.3 Å². The molecule has 0 aliphatic rings. The molecule has 0 spiro atoms. The fourth-order valence-corrected chi connectivity index (χ4v) is 12.3. The van der Waals surface area contributed by atoms with E-state index in [1.165, 1.54) is 133 Å². The number of hydrogen-bond acceptors (Lipinski definition) is 4. The Balaban J connectivity index is 0.000000279. The van der Waals surface area contributed by atoms with E-state index in [2.05, 4.69) is 554 Å². The number of aryl methyl sites for hydroxylation is 2. The maximum Gasteiger partial charge on any atom is 0.115 e. The van der Waals surface area contributed by atoms with Gasteiger partial charge >= 0.3 is 0 Å². The second-order valence-corrected chi connectivity index (χ2v) is 45.1. The van der Waals surface area contributed by atoms with Crippen molar-refractivity contribution in [3.05, 3.63) is 485 Å². The van der Waals surface area contributed by atoms with E-state index in [4.69, 9.17) is 0 Å². The van der Waals surface area contributed by atoms with E-state index in [1.807, 2.05) is 84.9 Å². The summed E-state index contributed by atoms with van der Waals surface area (Å²) >= 11 is 0. The Morgan fingerprint density at radius 2 is 0.379 bits per heavy atom. The summed E-state index contributed by atoms with van der Waals surface area (Å²) in [7, 11) is 0. The van der Waals surface area contributed by atoms with Crippen LogP contribution in [0.1, 0.15) is 204 Å². The smallest absolute Gasteiger partial charge is 0.115 e.